The van der Waals surface area contributed by atoms with Crippen LogP contribution in [0.25, 0.3) is 0 Å². The third-order valence-corrected chi connectivity index (χ3v) is 4.97. The van der Waals surface area contributed by atoms with Crippen molar-refractivity contribution in [3.63, 3.8) is 0 Å². The fourth-order valence-electron chi connectivity index (χ4n) is 3.38. The summed E-state index contributed by atoms with van der Waals surface area (Å²) in [5.41, 5.74) is 1.68. The van der Waals surface area contributed by atoms with E-state index in [1.807, 2.05) is 6.92 Å². The third kappa shape index (κ3) is 3.60. The zero-order valence-corrected chi connectivity index (χ0v) is 13.2. The highest BCUT2D eigenvalue weighted by atomic mass is 19.1. The Morgan fingerprint density at radius 1 is 1.25 bits per heavy atom. The van der Waals surface area contributed by atoms with Crippen LogP contribution in [0.2, 0.25) is 0 Å². The Morgan fingerprint density at radius 3 is 2.40 bits per heavy atom. The molecule has 0 amide bonds. The summed E-state index contributed by atoms with van der Waals surface area (Å²) in [6, 6.07) is 4.86. The van der Waals surface area contributed by atoms with E-state index in [4.69, 9.17) is 0 Å². The van der Waals surface area contributed by atoms with E-state index in [1.165, 1.54) is 6.07 Å². The molecule has 1 aromatic rings. The third-order valence-electron chi connectivity index (χ3n) is 4.97. The van der Waals surface area contributed by atoms with Crippen molar-refractivity contribution in [3.8, 4) is 0 Å². The lowest BCUT2D eigenvalue weighted by molar-refractivity contribution is -0.0246. The van der Waals surface area contributed by atoms with Crippen LogP contribution in [0.1, 0.15) is 57.6 Å². The van der Waals surface area contributed by atoms with Crippen molar-refractivity contribution in [2.75, 3.05) is 0 Å². The van der Waals surface area contributed by atoms with Crippen LogP contribution in [0.3, 0.4) is 0 Å². The van der Waals surface area contributed by atoms with Crippen molar-refractivity contribution in [1.82, 2.24) is 0 Å². The van der Waals surface area contributed by atoms with Crippen molar-refractivity contribution in [1.29, 1.82) is 0 Å². The van der Waals surface area contributed by atoms with Crippen molar-refractivity contribution in [3.05, 3.63) is 35.1 Å². The van der Waals surface area contributed by atoms with Crippen molar-refractivity contribution in [2.24, 2.45) is 11.3 Å². The molecule has 1 nitrogen and oxygen atoms in total. The number of halogens is 1. The van der Waals surface area contributed by atoms with Crippen LogP contribution in [-0.4, -0.2) is 10.7 Å². The van der Waals surface area contributed by atoms with E-state index < -0.39 is 5.60 Å². The van der Waals surface area contributed by atoms with Crippen LogP contribution < -0.4 is 0 Å². The van der Waals surface area contributed by atoms with Gasteiger partial charge >= 0.3 is 0 Å². The fraction of sp³-hybridized carbons (Fsp3) is 0.667. The topological polar surface area (TPSA) is 20.2 Å². The van der Waals surface area contributed by atoms with Crippen molar-refractivity contribution in [2.45, 2.75) is 65.4 Å². The second-order valence-corrected chi connectivity index (χ2v) is 7.61. The van der Waals surface area contributed by atoms with Crippen LogP contribution in [-0.2, 0) is 6.42 Å². The Labute approximate surface area is 122 Å². The minimum absolute atomic E-state index is 0.211. The number of aryl methyl sites for hydroxylation is 1. The summed E-state index contributed by atoms with van der Waals surface area (Å²) in [5, 5.41) is 10.8. The predicted octanol–water partition coefficient (Wildman–Crippen LogP) is 4.64. The lowest BCUT2D eigenvalue weighted by Gasteiger charge is -2.41. The first-order valence-corrected chi connectivity index (χ1v) is 7.67. The van der Waals surface area contributed by atoms with Crippen LogP contribution in [0.4, 0.5) is 4.39 Å². The van der Waals surface area contributed by atoms with E-state index in [0.29, 0.717) is 17.8 Å². The summed E-state index contributed by atoms with van der Waals surface area (Å²) < 4.78 is 13.4. The highest BCUT2D eigenvalue weighted by Crippen LogP contribution is 2.42. The molecule has 0 atom stereocenters. The lowest BCUT2D eigenvalue weighted by atomic mass is 9.67. The maximum atomic E-state index is 13.4. The van der Waals surface area contributed by atoms with Crippen molar-refractivity contribution >= 4 is 0 Å². The van der Waals surface area contributed by atoms with E-state index in [1.54, 1.807) is 12.1 Å². The minimum atomic E-state index is -0.652. The van der Waals surface area contributed by atoms with Gasteiger partial charge in [0, 0.05) is 6.42 Å². The second-order valence-electron chi connectivity index (χ2n) is 7.61. The van der Waals surface area contributed by atoms with Gasteiger partial charge in [-0.05, 0) is 67.2 Å². The summed E-state index contributed by atoms with van der Waals surface area (Å²) in [5.74, 6) is 0.467. The van der Waals surface area contributed by atoms with Gasteiger partial charge < -0.3 is 5.11 Å². The number of hydrogen-bond donors (Lipinski definition) is 1. The molecular weight excluding hydrogens is 251 g/mol. The predicted molar refractivity (Wildman–Crippen MR) is 81.2 cm³/mol. The van der Waals surface area contributed by atoms with E-state index in [2.05, 4.69) is 20.8 Å². The van der Waals surface area contributed by atoms with Gasteiger partial charge in [0.1, 0.15) is 5.82 Å². The molecule has 0 heterocycles. The molecule has 20 heavy (non-hydrogen) atoms. The summed E-state index contributed by atoms with van der Waals surface area (Å²) in [4.78, 5) is 0. The van der Waals surface area contributed by atoms with Crippen LogP contribution in [0.15, 0.2) is 18.2 Å². The molecule has 0 aromatic heterocycles. The molecule has 0 radical (unpaired) electrons. The number of rotatable bonds is 2. The molecule has 0 saturated heterocycles. The molecule has 2 rings (SSSR count). The van der Waals surface area contributed by atoms with Crippen LogP contribution in [0, 0.1) is 24.1 Å². The van der Waals surface area contributed by atoms with Gasteiger partial charge in [-0.2, -0.15) is 0 Å². The molecule has 1 aliphatic rings. The molecule has 1 aromatic carbocycles. The monoisotopic (exact) mass is 278 g/mol. The SMILES string of the molecule is Cc1ccc(F)cc1CC1(O)CCC(C(C)(C)C)CC1. The lowest BCUT2D eigenvalue weighted by Crippen LogP contribution is -2.39. The average Bonchev–Trinajstić information content (AvgIpc) is 2.33. The Hall–Kier alpha value is -0.890. The van der Waals surface area contributed by atoms with Gasteiger partial charge in [0.15, 0.2) is 0 Å². The number of hydrogen-bond acceptors (Lipinski definition) is 1. The van der Waals surface area contributed by atoms with Gasteiger partial charge in [-0.15, -0.1) is 0 Å². The quantitative estimate of drug-likeness (QED) is 0.835. The van der Waals surface area contributed by atoms with Gasteiger partial charge in [0.2, 0.25) is 0 Å². The highest BCUT2D eigenvalue weighted by molar-refractivity contribution is 5.28. The fourth-order valence-corrected chi connectivity index (χ4v) is 3.38. The summed E-state index contributed by atoms with van der Waals surface area (Å²) >= 11 is 0. The van der Waals surface area contributed by atoms with E-state index in [-0.39, 0.29) is 5.82 Å². The molecular formula is C18H27FO. The Morgan fingerprint density at radius 2 is 1.85 bits per heavy atom. The Balaban J connectivity index is 2.05. The maximum Gasteiger partial charge on any atom is 0.123 e. The maximum absolute atomic E-state index is 13.4. The van der Waals surface area contributed by atoms with Gasteiger partial charge in [-0.1, -0.05) is 26.8 Å². The van der Waals surface area contributed by atoms with E-state index >= 15 is 0 Å². The minimum Gasteiger partial charge on any atom is -0.390 e. The zero-order valence-electron chi connectivity index (χ0n) is 13.2. The Kier molecular flexibility index (Phi) is 4.24. The van der Waals surface area contributed by atoms with Crippen LogP contribution in [0.5, 0.6) is 0 Å². The molecule has 0 spiro atoms. The Bertz CT molecular complexity index is 465. The molecule has 1 saturated carbocycles. The van der Waals surface area contributed by atoms with Gasteiger partial charge in [0.05, 0.1) is 5.60 Å². The van der Waals surface area contributed by atoms with Gasteiger partial charge in [-0.3, -0.25) is 0 Å². The summed E-state index contributed by atoms with van der Waals surface area (Å²) in [7, 11) is 0. The average molecular weight is 278 g/mol. The molecule has 1 N–H and O–H groups in total. The normalized spacial score (nSPS) is 27.6. The first kappa shape index (κ1) is 15.5. The first-order valence-electron chi connectivity index (χ1n) is 7.67. The smallest absolute Gasteiger partial charge is 0.123 e. The second kappa shape index (κ2) is 5.48. The largest absolute Gasteiger partial charge is 0.390 e. The number of benzene rings is 1. The molecule has 112 valence electrons. The molecule has 0 unspecified atom stereocenters. The molecule has 0 aliphatic heterocycles. The molecule has 1 aliphatic carbocycles. The molecule has 2 heteroatoms. The van der Waals surface area contributed by atoms with Gasteiger partial charge in [-0.25, -0.2) is 4.39 Å². The van der Waals surface area contributed by atoms with E-state index in [9.17, 15) is 9.50 Å². The summed E-state index contributed by atoms with van der Waals surface area (Å²) in [6.07, 6.45) is 4.35. The molecule has 1 fully saturated rings. The standard InChI is InChI=1S/C18H27FO/c1-13-5-6-16(19)11-14(13)12-18(20)9-7-15(8-10-18)17(2,3)4/h5-6,11,15,20H,7-10,12H2,1-4H3. The van der Waals surface area contributed by atoms with Crippen molar-refractivity contribution < 1.29 is 9.50 Å². The zero-order chi connectivity index (χ0) is 15.0. The van der Waals surface area contributed by atoms with Crippen LogP contribution >= 0.6 is 0 Å². The highest BCUT2D eigenvalue weighted by Gasteiger charge is 2.37. The first-order chi connectivity index (χ1) is 9.20. The molecule has 0 bridgehead atoms. The van der Waals surface area contributed by atoms with Gasteiger partial charge in [0.25, 0.3) is 0 Å². The number of aliphatic hydroxyl groups is 1. The van der Waals surface area contributed by atoms with E-state index in [0.717, 1.165) is 36.8 Å². The summed E-state index contributed by atoms with van der Waals surface area (Å²) in [6.45, 7) is 8.81.